The fraction of sp³-hybridized carbons (Fsp3) is 0.0526. The molecular formula is C19H15N5O. The molecule has 25 heavy (non-hydrogen) atoms. The molecule has 0 saturated heterocycles. The van der Waals surface area contributed by atoms with Crippen LogP contribution in [-0.4, -0.2) is 20.7 Å². The van der Waals surface area contributed by atoms with Crippen LogP contribution in [0.15, 0.2) is 48.8 Å². The van der Waals surface area contributed by atoms with E-state index < -0.39 is 0 Å². The molecule has 0 saturated carbocycles. The number of nitrogens with two attached hydrogens (primary N) is 2. The predicted molar refractivity (Wildman–Crippen MR) is 96.5 cm³/mol. The zero-order valence-electron chi connectivity index (χ0n) is 13.5. The molecule has 0 fully saturated rings. The summed E-state index contributed by atoms with van der Waals surface area (Å²) in [4.78, 5) is 23.7. The lowest BCUT2D eigenvalue weighted by Gasteiger charge is -2.08. The molecule has 3 aromatic rings. The van der Waals surface area contributed by atoms with Crippen molar-refractivity contribution < 1.29 is 4.79 Å². The third-order valence-electron chi connectivity index (χ3n) is 3.51. The highest BCUT2D eigenvalue weighted by atomic mass is 16.1. The smallest absolute Gasteiger partial charge is 0.222 e. The first-order valence-electron chi connectivity index (χ1n) is 7.51. The molecule has 0 aliphatic carbocycles. The lowest BCUT2D eigenvalue weighted by Crippen LogP contribution is -2.05. The van der Waals surface area contributed by atoms with E-state index in [2.05, 4.69) is 26.8 Å². The number of ketones is 1. The number of rotatable bonds is 2. The number of nitrogens with zero attached hydrogens (tertiary/aromatic N) is 3. The molecule has 0 spiro atoms. The molecule has 0 bridgehead atoms. The van der Waals surface area contributed by atoms with Crippen LogP contribution in [0.1, 0.15) is 28.4 Å². The average Bonchev–Trinajstić information content (AvgIpc) is 2.61. The number of hydrogen-bond acceptors (Lipinski definition) is 6. The molecule has 6 nitrogen and oxygen atoms in total. The Morgan fingerprint density at radius 1 is 1.04 bits per heavy atom. The number of hydrogen-bond donors (Lipinski definition) is 2. The second-order valence-electron chi connectivity index (χ2n) is 5.32. The van der Waals surface area contributed by atoms with Gasteiger partial charge in [0.25, 0.3) is 0 Å². The molecule has 0 aliphatic heterocycles. The van der Waals surface area contributed by atoms with Crippen LogP contribution in [0.25, 0.3) is 11.3 Å². The van der Waals surface area contributed by atoms with Gasteiger partial charge in [-0.1, -0.05) is 36.1 Å². The van der Waals surface area contributed by atoms with Crippen molar-refractivity contribution in [3.8, 4) is 23.1 Å². The zero-order chi connectivity index (χ0) is 17.8. The second-order valence-corrected chi connectivity index (χ2v) is 5.32. The van der Waals surface area contributed by atoms with Crippen molar-refractivity contribution in [3.63, 3.8) is 0 Å². The maximum absolute atomic E-state index is 11.4. The monoisotopic (exact) mass is 329 g/mol. The first-order valence-corrected chi connectivity index (χ1v) is 7.51. The van der Waals surface area contributed by atoms with Gasteiger partial charge in [-0.05, 0) is 19.1 Å². The van der Waals surface area contributed by atoms with Crippen LogP contribution in [0.2, 0.25) is 0 Å². The van der Waals surface area contributed by atoms with Crippen LogP contribution in [0.4, 0.5) is 11.8 Å². The SMILES string of the molecule is CC(=O)c1ccc(-c2nc(N)nc(N)c2C#Cc2cccnc2)cc1. The number of anilines is 2. The topological polar surface area (TPSA) is 108 Å². The number of benzene rings is 1. The van der Waals surface area contributed by atoms with Gasteiger partial charge >= 0.3 is 0 Å². The summed E-state index contributed by atoms with van der Waals surface area (Å²) in [7, 11) is 0. The molecule has 2 aromatic heterocycles. The number of carbonyl (C=O) groups is 1. The van der Waals surface area contributed by atoms with Gasteiger partial charge in [0.15, 0.2) is 5.78 Å². The molecule has 6 heteroatoms. The van der Waals surface area contributed by atoms with E-state index in [1.165, 1.54) is 6.92 Å². The Morgan fingerprint density at radius 2 is 1.80 bits per heavy atom. The zero-order valence-corrected chi connectivity index (χ0v) is 13.5. The van der Waals surface area contributed by atoms with Gasteiger partial charge in [-0.15, -0.1) is 0 Å². The highest BCUT2D eigenvalue weighted by Crippen LogP contribution is 2.25. The van der Waals surface area contributed by atoms with Gasteiger partial charge in [-0.25, -0.2) is 4.98 Å². The Kier molecular flexibility index (Phi) is 4.40. The predicted octanol–water partition coefficient (Wildman–Crippen LogP) is 2.31. The van der Waals surface area contributed by atoms with Crippen molar-refractivity contribution in [2.45, 2.75) is 6.92 Å². The molecule has 0 unspecified atom stereocenters. The summed E-state index contributed by atoms with van der Waals surface area (Å²) in [5.41, 5.74) is 14.9. The second kappa shape index (κ2) is 6.81. The van der Waals surface area contributed by atoms with E-state index in [4.69, 9.17) is 11.5 Å². The van der Waals surface area contributed by atoms with Crippen molar-refractivity contribution in [2.75, 3.05) is 11.5 Å². The number of aromatic nitrogens is 3. The Hall–Kier alpha value is -3.72. The minimum atomic E-state index is -0.00939. The van der Waals surface area contributed by atoms with E-state index >= 15 is 0 Å². The van der Waals surface area contributed by atoms with Gasteiger partial charge in [0.2, 0.25) is 5.95 Å². The Morgan fingerprint density at radius 3 is 2.44 bits per heavy atom. The van der Waals surface area contributed by atoms with Crippen LogP contribution < -0.4 is 11.5 Å². The standard InChI is InChI=1S/C19H15N5O/c1-12(25)14-5-7-15(8-6-14)17-16(18(20)24-19(21)23-17)9-4-13-3-2-10-22-11-13/h2-3,5-8,10-11H,1H3,(H4,20,21,23,24). The number of pyridine rings is 1. The van der Waals surface area contributed by atoms with Crippen LogP contribution >= 0.6 is 0 Å². The average molecular weight is 329 g/mol. The van der Waals surface area contributed by atoms with Crippen LogP contribution in [0.3, 0.4) is 0 Å². The number of carbonyl (C=O) groups excluding carboxylic acids is 1. The van der Waals surface area contributed by atoms with E-state index in [0.717, 1.165) is 11.1 Å². The highest BCUT2D eigenvalue weighted by molar-refractivity contribution is 5.94. The number of nitrogen functional groups attached to an aromatic ring is 2. The summed E-state index contributed by atoms with van der Waals surface area (Å²) in [5, 5.41) is 0. The van der Waals surface area contributed by atoms with Gasteiger partial charge in [0.05, 0.1) is 11.3 Å². The maximum Gasteiger partial charge on any atom is 0.222 e. The summed E-state index contributed by atoms with van der Waals surface area (Å²) in [5.74, 6) is 6.25. The lowest BCUT2D eigenvalue weighted by atomic mass is 10.0. The fourth-order valence-electron chi connectivity index (χ4n) is 2.26. The van der Waals surface area contributed by atoms with E-state index in [1.807, 2.05) is 6.07 Å². The van der Waals surface area contributed by atoms with Gasteiger partial charge in [0, 0.05) is 29.1 Å². The summed E-state index contributed by atoms with van der Waals surface area (Å²) >= 11 is 0. The highest BCUT2D eigenvalue weighted by Gasteiger charge is 2.12. The lowest BCUT2D eigenvalue weighted by molar-refractivity contribution is 0.101. The van der Waals surface area contributed by atoms with Gasteiger partial charge in [-0.3, -0.25) is 9.78 Å². The third kappa shape index (κ3) is 3.62. The van der Waals surface area contributed by atoms with Crippen LogP contribution in [-0.2, 0) is 0 Å². The molecule has 122 valence electrons. The Bertz CT molecular complexity index is 986. The van der Waals surface area contributed by atoms with Crippen molar-refractivity contribution in [3.05, 3.63) is 65.5 Å². The first-order chi connectivity index (χ1) is 12.0. The van der Waals surface area contributed by atoms with Gasteiger partial charge in [-0.2, -0.15) is 4.98 Å². The summed E-state index contributed by atoms with van der Waals surface area (Å²) in [6.07, 6.45) is 3.33. The Balaban J connectivity index is 2.10. The number of Topliss-reactive ketones (excluding diaryl/α,β-unsaturated/α-hetero) is 1. The molecular weight excluding hydrogens is 314 g/mol. The molecule has 4 N–H and O–H groups in total. The van der Waals surface area contributed by atoms with Crippen LogP contribution in [0.5, 0.6) is 0 Å². The van der Waals surface area contributed by atoms with Crippen molar-refractivity contribution in [1.29, 1.82) is 0 Å². The van der Waals surface area contributed by atoms with E-state index in [1.54, 1.807) is 42.7 Å². The van der Waals surface area contributed by atoms with Crippen molar-refractivity contribution >= 4 is 17.5 Å². The summed E-state index contributed by atoms with van der Waals surface area (Å²) < 4.78 is 0. The minimum absolute atomic E-state index is 0.00939. The quantitative estimate of drug-likeness (QED) is 0.552. The third-order valence-corrected chi connectivity index (χ3v) is 3.51. The molecule has 0 amide bonds. The van der Waals surface area contributed by atoms with Gasteiger partial charge in [0.1, 0.15) is 5.82 Å². The molecule has 0 radical (unpaired) electrons. The molecule has 0 aliphatic rings. The summed E-state index contributed by atoms with van der Waals surface area (Å²) in [6, 6.07) is 10.7. The fourth-order valence-corrected chi connectivity index (χ4v) is 2.26. The minimum Gasteiger partial charge on any atom is -0.382 e. The molecule has 1 aromatic carbocycles. The molecule has 0 atom stereocenters. The van der Waals surface area contributed by atoms with E-state index in [9.17, 15) is 4.79 Å². The van der Waals surface area contributed by atoms with Crippen molar-refractivity contribution in [1.82, 2.24) is 15.0 Å². The molecule has 2 heterocycles. The maximum atomic E-state index is 11.4. The van der Waals surface area contributed by atoms with Crippen molar-refractivity contribution in [2.24, 2.45) is 0 Å². The normalized spacial score (nSPS) is 9.96. The molecule has 3 rings (SSSR count). The largest absolute Gasteiger partial charge is 0.382 e. The van der Waals surface area contributed by atoms with E-state index in [0.29, 0.717) is 16.8 Å². The van der Waals surface area contributed by atoms with E-state index in [-0.39, 0.29) is 17.5 Å². The first kappa shape index (κ1) is 16.1. The van der Waals surface area contributed by atoms with Gasteiger partial charge < -0.3 is 11.5 Å². The summed E-state index contributed by atoms with van der Waals surface area (Å²) in [6.45, 7) is 1.51. The Labute approximate surface area is 145 Å². The van der Waals surface area contributed by atoms with Crippen LogP contribution in [0, 0.1) is 11.8 Å².